The molecule has 0 unspecified atom stereocenters. The number of rotatable bonds is 16. The zero-order chi connectivity index (χ0) is 16.3. The second-order valence-corrected chi connectivity index (χ2v) is 6.26. The van der Waals surface area contributed by atoms with Gasteiger partial charge in [0.25, 0.3) is 0 Å². The molecule has 0 aromatic rings. The quantitative estimate of drug-likeness (QED) is 0.183. The molecule has 0 N–H and O–H groups in total. The molecule has 0 saturated heterocycles. The first kappa shape index (κ1) is 21.2. The zero-order valence-electron chi connectivity index (χ0n) is 15.1. The first-order valence-corrected chi connectivity index (χ1v) is 9.53. The van der Waals surface area contributed by atoms with Crippen molar-refractivity contribution in [2.45, 2.75) is 103 Å². The number of ether oxygens (including phenoxy) is 1. The Labute approximate surface area is 138 Å². The van der Waals surface area contributed by atoms with Crippen LogP contribution in [0.1, 0.15) is 103 Å². The third-order valence-electron chi connectivity index (χ3n) is 4.12. The molecule has 0 amide bonds. The lowest BCUT2D eigenvalue weighted by Crippen LogP contribution is -1.98. The zero-order valence-corrected chi connectivity index (χ0v) is 15.1. The lowest BCUT2D eigenvalue weighted by atomic mass is 10.1. The molecule has 0 heterocycles. The number of carbonyl (C=O) groups is 1. The van der Waals surface area contributed by atoms with Crippen LogP contribution in [0.2, 0.25) is 0 Å². The minimum Gasteiger partial charge on any atom is -0.469 e. The second-order valence-electron chi connectivity index (χ2n) is 6.26. The number of carbonyl (C=O) groups excluding carboxylic acids is 1. The number of methoxy groups -OCH3 is 1. The molecule has 0 rings (SSSR count). The number of hydrogen-bond acceptors (Lipinski definition) is 2. The highest BCUT2D eigenvalue weighted by molar-refractivity contribution is 5.68. The monoisotopic (exact) mass is 310 g/mol. The maximum absolute atomic E-state index is 10.9. The van der Waals surface area contributed by atoms with Crippen molar-refractivity contribution in [2.75, 3.05) is 7.11 Å². The van der Waals surface area contributed by atoms with Crippen LogP contribution >= 0.6 is 0 Å². The van der Waals surface area contributed by atoms with Crippen molar-refractivity contribution < 1.29 is 9.53 Å². The SMILES string of the molecule is CCCCCCCCC/C=C/CCCCCCCC(=O)OC. The van der Waals surface area contributed by atoms with Gasteiger partial charge in [-0.2, -0.15) is 0 Å². The first-order chi connectivity index (χ1) is 10.8. The van der Waals surface area contributed by atoms with Crippen molar-refractivity contribution in [3.8, 4) is 0 Å². The molecule has 0 radical (unpaired) electrons. The van der Waals surface area contributed by atoms with Crippen molar-refractivity contribution >= 4 is 5.97 Å². The van der Waals surface area contributed by atoms with E-state index in [-0.39, 0.29) is 5.97 Å². The van der Waals surface area contributed by atoms with Gasteiger partial charge >= 0.3 is 5.97 Å². The van der Waals surface area contributed by atoms with Crippen LogP contribution in [0.4, 0.5) is 0 Å². The third kappa shape index (κ3) is 17.3. The van der Waals surface area contributed by atoms with E-state index in [1.807, 2.05) is 0 Å². The molecule has 130 valence electrons. The molecule has 0 aliphatic heterocycles. The Morgan fingerprint density at radius 2 is 1.18 bits per heavy atom. The fraction of sp³-hybridized carbons (Fsp3) is 0.850. The summed E-state index contributed by atoms with van der Waals surface area (Å²) in [7, 11) is 1.46. The molecule has 2 heteroatoms. The average molecular weight is 311 g/mol. The summed E-state index contributed by atoms with van der Waals surface area (Å²) in [6.45, 7) is 2.27. The van der Waals surface area contributed by atoms with Crippen molar-refractivity contribution in [3.05, 3.63) is 12.2 Å². The molecule has 2 nitrogen and oxygen atoms in total. The standard InChI is InChI=1S/C20H38O2/c1-3-4-5-6-7-8-9-10-11-12-13-14-15-16-17-18-19-20(21)22-2/h11-12H,3-10,13-19H2,1-2H3/b12-11+. The van der Waals surface area contributed by atoms with Crippen LogP contribution < -0.4 is 0 Å². The number of hydrogen-bond donors (Lipinski definition) is 0. The highest BCUT2D eigenvalue weighted by atomic mass is 16.5. The summed E-state index contributed by atoms with van der Waals surface area (Å²) in [5, 5.41) is 0. The van der Waals surface area contributed by atoms with Crippen molar-refractivity contribution in [3.63, 3.8) is 0 Å². The summed E-state index contributed by atoms with van der Waals surface area (Å²) in [5.41, 5.74) is 0. The number of allylic oxidation sites excluding steroid dienone is 2. The molecule has 0 spiro atoms. The van der Waals surface area contributed by atoms with E-state index in [1.165, 1.54) is 84.2 Å². The summed E-state index contributed by atoms with van der Waals surface area (Å²) in [6.07, 6.45) is 23.5. The van der Waals surface area contributed by atoms with E-state index >= 15 is 0 Å². The molecule has 0 aliphatic rings. The maximum atomic E-state index is 10.9. The largest absolute Gasteiger partial charge is 0.469 e. The van der Waals surface area contributed by atoms with Crippen LogP contribution in [0.5, 0.6) is 0 Å². The van der Waals surface area contributed by atoms with Gasteiger partial charge in [0.15, 0.2) is 0 Å². The van der Waals surface area contributed by atoms with Gasteiger partial charge in [-0.3, -0.25) is 4.79 Å². The molecule has 22 heavy (non-hydrogen) atoms. The number of esters is 1. The number of unbranched alkanes of at least 4 members (excludes halogenated alkanes) is 12. The Bertz CT molecular complexity index is 258. The molecule has 0 saturated carbocycles. The van der Waals surface area contributed by atoms with E-state index in [0.29, 0.717) is 6.42 Å². The summed E-state index contributed by atoms with van der Waals surface area (Å²) in [5.74, 6) is -0.0757. The van der Waals surface area contributed by atoms with Crippen LogP contribution in [0.15, 0.2) is 12.2 Å². The van der Waals surface area contributed by atoms with E-state index in [0.717, 1.165) is 12.8 Å². The summed E-state index contributed by atoms with van der Waals surface area (Å²) < 4.78 is 4.63. The Morgan fingerprint density at radius 3 is 1.68 bits per heavy atom. The van der Waals surface area contributed by atoms with Crippen LogP contribution in [-0.4, -0.2) is 13.1 Å². The van der Waals surface area contributed by atoms with Gasteiger partial charge in [-0.15, -0.1) is 0 Å². The van der Waals surface area contributed by atoms with Gasteiger partial charge in [0.1, 0.15) is 0 Å². The van der Waals surface area contributed by atoms with Crippen LogP contribution in [-0.2, 0) is 9.53 Å². The predicted molar refractivity (Wildman–Crippen MR) is 96.1 cm³/mol. The normalized spacial score (nSPS) is 11.2. The van der Waals surface area contributed by atoms with Crippen molar-refractivity contribution in [2.24, 2.45) is 0 Å². The lowest BCUT2D eigenvalue weighted by Gasteiger charge is -2.00. The summed E-state index contributed by atoms with van der Waals surface area (Å²) in [4.78, 5) is 10.9. The van der Waals surface area contributed by atoms with Crippen LogP contribution in [0, 0.1) is 0 Å². The Kier molecular flexibility index (Phi) is 17.6. The summed E-state index contributed by atoms with van der Waals surface area (Å²) >= 11 is 0. The fourth-order valence-corrected chi connectivity index (χ4v) is 2.62. The average Bonchev–Trinajstić information content (AvgIpc) is 2.54. The van der Waals surface area contributed by atoms with Crippen molar-refractivity contribution in [1.82, 2.24) is 0 Å². The smallest absolute Gasteiger partial charge is 0.305 e. The molecular weight excluding hydrogens is 272 g/mol. The van der Waals surface area contributed by atoms with E-state index in [4.69, 9.17) is 0 Å². The minimum atomic E-state index is -0.0757. The van der Waals surface area contributed by atoms with Gasteiger partial charge in [0.2, 0.25) is 0 Å². The highest BCUT2D eigenvalue weighted by Gasteiger charge is 1.98. The molecule has 0 aromatic heterocycles. The molecule has 0 aromatic carbocycles. The van der Waals surface area contributed by atoms with Crippen LogP contribution in [0.3, 0.4) is 0 Å². The highest BCUT2D eigenvalue weighted by Crippen LogP contribution is 2.10. The second kappa shape index (κ2) is 18.3. The summed E-state index contributed by atoms with van der Waals surface area (Å²) in [6, 6.07) is 0. The maximum Gasteiger partial charge on any atom is 0.305 e. The molecular formula is C20H38O2. The molecule has 0 atom stereocenters. The Balaban J connectivity index is 3.10. The molecule has 0 aliphatic carbocycles. The molecule has 0 fully saturated rings. The van der Waals surface area contributed by atoms with E-state index in [1.54, 1.807) is 0 Å². The van der Waals surface area contributed by atoms with Crippen molar-refractivity contribution in [1.29, 1.82) is 0 Å². The fourth-order valence-electron chi connectivity index (χ4n) is 2.62. The Hall–Kier alpha value is -0.790. The van der Waals surface area contributed by atoms with Gasteiger partial charge in [-0.05, 0) is 32.1 Å². The van der Waals surface area contributed by atoms with E-state index in [2.05, 4.69) is 23.8 Å². The minimum absolute atomic E-state index is 0.0757. The van der Waals surface area contributed by atoms with Crippen LogP contribution in [0.25, 0.3) is 0 Å². The third-order valence-corrected chi connectivity index (χ3v) is 4.12. The van der Waals surface area contributed by atoms with Gasteiger partial charge in [-0.25, -0.2) is 0 Å². The lowest BCUT2D eigenvalue weighted by molar-refractivity contribution is -0.140. The van der Waals surface area contributed by atoms with Gasteiger partial charge in [-0.1, -0.05) is 76.9 Å². The van der Waals surface area contributed by atoms with E-state index in [9.17, 15) is 4.79 Å². The van der Waals surface area contributed by atoms with Gasteiger partial charge in [0, 0.05) is 6.42 Å². The Morgan fingerprint density at radius 1 is 0.727 bits per heavy atom. The topological polar surface area (TPSA) is 26.3 Å². The first-order valence-electron chi connectivity index (χ1n) is 9.53. The molecule has 0 bridgehead atoms. The predicted octanol–water partition coefficient (Wildman–Crippen LogP) is 6.59. The van der Waals surface area contributed by atoms with E-state index < -0.39 is 0 Å². The van der Waals surface area contributed by atoms with Gasteiger partial charge < -0.3 is 4.74 Å². The van der Waals surface area contributed by atoms with Gasteiger partial charge in [0.05, 0.1) is 7.11 Å².